The first-order valence-electron chi connectivity index (χ1n) is 7.01. The fourth-order valence-electron chi connectivity index (χ4n) is 2.74. The van der Waals surface area contributed by atoms with Crippen LogP contribution >= 0.6 is 0 Å². The summed E-state index contributed by atoms with van der Waals surface area (Å²) in [6.07, 6.45) is 3.35. The molecule has 0 heterocycles. The lowest BCUT2D eigenvalue weighted by atomic mass is 9.82. The van der Waals surface area contributed by atoms with E-state index in [0.717, 1.165) is 32.2 Å². The van der Waals surface area contributed by atoms with Crippen LogP contribution in [0, 0.1) is 11.8 Å². The van der Waals surface area contributed by atoms with Crippen molar-refractivity contribution in [1.29, 1.82) is 0 Å². The van der Waals surface area contributed by atoms with Gasteiger partial charge in [0.05, 0.1) is 5.92 Å². The van der Waals surface area contributed by atoms with E-state index in [0.29, 0.717) is 18.0 Å². The molecule has 1 saturated carbocycles. The number of nitrogens with one attached hydrogen (secondary N) is 1. The fraction of sp³-hybridized carbons (Fsp3) is 0.533. The number of carboxylic acids is 1. The van der Waals surface area contributed by atoms with Gasteiger partial charge in [-0.05, 0) is 44.2 Å². The zero-order valence-corrected chi connectivity index (χ0v) is 11.4. The number of phenols is 2. The molecule has 1 aromatic carbocycles. The zero-order valence-electron chi connectivity index (χ0n) is 11.4. The van der Waals surface area contributed by atoms with Gasteiger partial charge in [0.2, 0.25) is 0 Å². The van der Waals surface area contributed by atoms with Crippen molar-refractivity contribution < 1.29 is 20.1 Å². The molecule has 4 N–H and O–H groups in total. The summed E-state index contributed by atoms with van der Waals surface area (Å²) in [7, 11) is 0. The number of hydrogen-bond acceptors (Lipinski definition) is 4. The summed E-state index contributed by atoms with van der Waals surface area (Å²) < 4.78 is 0. The highest BCUT2D eigenvalue weighted by Gasteiger charge is 2.25. The molecular weight excluding hydrogens is 258 g/mol. The van der Waals surface area contributed by atoms with Crippen LogP contribution in [0.1, 0.15) is 31.2 Å². The Hall–Kier alpha value is -1.75. The van der Waals surface area contributed by atoms with Crippen LogP contribution in [0.4, 0.5) is 0 Å². The quantitative estimate of drug-likeness (QED) is 0.620. The minimum absolute atomic E-state index is 0.0745. The summed E-state index contributed by atoms with van der Waals surface area (Å²) in [4.78, 5) is 10.9. The van der Waals surface area contributed by atoms with Gasteiger partial charge in [-0.25, -0.2) is 0 Å². The fourth-order valence-corrected chi connectivity index (χ4v) is 2.74. The second-order valence-corrected chi connectivity index (χ2v) is 5.47. The average Bonchev–Trinajstić information content (AvgIpc) is 2.44. The van der Waals surface area contributed by atoms with Crippen molar-refractivity contribution in [3.05, 3.63) is 23.8 Å². The molecule has 0 aliphatic heterocycles. The highest BCUT2D eigenvalue weighted by molar-refractivity contribution is 5.69. The first-order chi connectivity index (χ1) is 9.58. The largest absolute Gasteiger partial charge is 0.504 e. The Morgan fingerprint density at radius 2 is 1.90 bits per heavy atom. The van der Waals surface area contributed by atoms with Crippen molar-refractivity contribution in [3.63, 3.8) is 0 Å². The molecule has 1 aliphatic carbocycles. The maximum Gasteiger partial charge on any atom is 0.306 e. The van der Waals surface area contributed by atoms with Gasteiger partial charge < -0.3 is 20.6 Å². The number of carbonyl (C=O) groups is 1. The minimum Gasteiger partial charge on any atom is -0.504 e. The van der Waals surface area contributed by atoms with Gasteiger partial charge in [0.25, 0.3) is 0 Å². The van der Waals surface area contributed by atoms with Crippen LogP contribution in [-0.2, 0) is 11.3 Å². The number of phenolic OH excluding ortho intramolecular Hbond substituents is 2. The Kier molecular flexibility index (Phi) is 4.84. The molecule has 1 aromatic rings. The molecule has 0 unspecified atom stereocenters. The summed E-state index contributed by atoms with van der Waals surface area (Å²) in [6, 6.07) is 4.92. The summed E-state index contributed by atoms with van der Waals surface area (Å²) >= 11 is 0. The summed E-state index contributed by atoms with van der Waals surface area (Å²) in [5, 5.41) is 31.3. The number of aromatic hydroxyl groups is 2. The normalized spacial score (nSPS) is 22.6. The van der Waals surface area contributed by atoms with Crippen molar-refractivity contribution in [2.24, 2.45) is 11.8 Å². The molecule has 0 bridgehead atoms. The van der Waals surface area contributed by atoms with E-state index in [1.165, 1.54) is 6.07 Å². The van der Waals surface area contributed by atoms with Crippen LogP contribution in [0.25, 0.3) is 0 Å². The number of carboxylic acid groups (broad SMARTS) is 1. The lowest BCUT2D eigenvalue weighted by Crippen LogP contribution is -2.28. The number of aliphatic carboxylic acids is 1. The van der Waals surface area contributed by atoms with Crippen molar-refractivity contribution in [1.82, 2.24) is 5.32 Å². The van der Waals surface area contributed by atoms with E-state index in [1.807, 2.05) is 0 Å². The van der Waals surface area contributed by atoms with Gasteiger partial charge in [0.15, 0.2) is 11.5 Å². The maximum atomic E-state index is 10.9. The molecule has 5 nitrogen and oxygen atoms in total. The molecule has 1 fully saturated rings. The second kappa shape index (κ2) is 6.61. The smallest absolute Gasteiger partial charge is 0.306 e. The Labute approximate surface area is 118 Å². The van der Waals surface area contributed by atoms with E-state index >= 15 is 0 Å². The number of para-hydroxylation sites is 1. The van der Waals surface area contributed by atoms with E-state index in [4.69, 9.17) is 5.11 Å². The molecule has 2 rings (SSSR count). The van der Waals surface area contributed by atoms with Gasteiger partial charge in [-0.1, -0.05) is 12.1 Å². The summed E-state index contributed by atoms with van der Waals surface area (Å²) in [5.41, 5.74) is 0.671. The van der Waals surface area contributed by atoms with Gasteiger partial charge in [-0.2, -0.15) is 0 Å². The van der Waals surface area contributed by atoms with E-state index in [1.54, 1.807) is 12.1 Å². The van der Waals surface area contributed by atoms with Gasteiger partial charge >= 0.3 is 5.97 Å². The average molecular weight is 279 g/mol. The predicted molar refractivity (Wildman–Crippen MR) is 74.6 cm³/mol. The Balaban J connectivity index is 1.74. The molecule has 5 heteroatoms. The first-order valence-corrected chi connectivity index (χ1v) is 7.01. The molecular formula is C15H21NO4. The lowest BCUT2D eigenvalue weighted by molar-refractivity contribution is -0.143. The van der Waals surface area contributed by atoms with E-state index in [9.17, 15) is 15.0 Å². The molecule has 20 heavy (non-hydrogen) atoms. The summed E-state index contributed by atoms with van der Waals surface area (Å²) in [6.45, 7) is 1.31. The first kappa shape index (κ1) is 14.7. The zero-order chi connectivity index (χ0) is 14.5. The van der Waals surface area contributed by atoms with Crippen molar-refractivity contribution in [3.8, 4) is 11.5 Å². The third kappa shape index (κ3) is 3.63. The van der Waals surface area contributed by atoms with Gasteiger partial charge in [-0.3, -0.25) is 4.79 Å². The highest BCUT2D eigenvalue weighted by Crippen LogP contribution is 2.30. The Morgan fingerprint density at radius 3 is 2.55 bits per heavy atom. The highest BCUT2D eigenvalue weighted by atomic mass is 16.4. The third-order valence-corrected chi connectivity index (χ3v) is 4.04. The molecule has 0 radical (unpaired) electrons. The van der Waals surface area contributed by atoms with Crippen molar-refractivity contribution in [2.75, 3.05) is 6.54 Å². The van der Waals surface area contributed by atoms with Crippen LogP contribution < -0.4 is 5.32 Å². The molecule has 0 atom stereocenters. The van der Waals surface area contributed by atoms with Gasteiger partial charge in [-0.15, -0.1) is 0 Å². The molecule has 1 aliphatic rings. The van der Waals surface area contributed by atoms with Crippen LogP contribution in [0.15, 0.2) is 18.2 Å². The van der Waals surface area contributed by atoms with Gasteiger partial charge in [0.1, 0.15) is 0 Å². The number of rotatable bonds is 5. The van der Waals surface area contributed by atoms with E-state index < -0.39 is 5.97 Å². The summed E-state index contributed by atoms with van der Waals surface area (Å²) in [5.74, 6) is -0.548. The number of hydrogen-bond donors (Lipinski definition) is 4. The lowest BCUT2D eigenvalue weighted by Gasteiger charge is -2.26. The number of benzene rings is 1. The van der Waals surface area contributed by atoms with Gasteiger partial charge in [0, 0.05) is 12.1 Å². The molecule has 0 saturated heterocycles. The maximum absolute atomic E-state index is 10.9. The van der Waals surface area contributed by atoms with Crippen LogP contribution in [0.2, 0.25) is 0 Å². The standard InChI is InChI=1S/C15H21NO4/c17-13-3-1-2-12(14(13)18)9-16-8-10-4-6-11(7-5-10)15(19)20/h1-3,10-11,16-18H,4-9H2,(H,19,20). The molecule has 0 amide bonds. The monoisotopic (exact) mass is 279 g/mol. The van der Waals surface area contributed by atoms with Crippen LogP contribution in [0.5, 0.6) is 11.5 Å². The Bertz CT molecular complexity index is 467. The Morgan fingerprint density at radius 1 is 1.20 bits per heavy atom. The van der Waals surface area contributed by atoms with Crippen molar-refractivity contribution in [2.45, 2.75) is 32.2 Å². The van der Waals surface area contributed by atoms with Crippen LogP contribution in [0.3, 0.4) is 0 Å². The second-order valence-electron chi connectivity index (χ2n) is 5.47. The van der Waals surface area contributed by atoms with E-state index in [-0.39, 0.29) is 17.4 Å². The minimum atomic E-state index is -0.680. The predicted octanol–water partition coefficient (Wildman–Crippen LogP) is 2.08. The molecule has 0 spiro atoms. The SMILES string of the molecule is O=C(O)C1CCC(CNCc2cccc(O)c2O)CC1. The van der Waals surface area contributed by atoms with Crippen LogP contribution in [-0.4, -0.2) is 27.8 Å². The molecule has 110 valence electrons. The third-order valence-electron chi connectivity index (χ3n) is 4.04. The van der Waals surface area contributed by atoms with Crippen molar-refractivity contribution >= 4 is 5.97 Å². The van der Waals surface area contributed by atoms with E-state index in [2.05, 4.69) is 5.32 Å². The topological polar surface area (TPSA) is 89.8 Å². The molecule has 0 aromatic heterocycles.